The molecular formula is C14H19NO5. The highest BCUT2D eigenvalue weighted by Gasteiger charge is 2.33. The van der Waals surface area contributed by atoms with Crippen LogP contribution in [0.1, 0.15) is 43.4 Å². The maximum absolute atomic E-state index is 12.0. The van der Waals surface area contributed by atoms with E-state index in [4.69, 9.17) is 14.3 Å². The lowest BCUT2D eigenvalue weighted by Gasteiger charge is -2.24. The summed E-state index contributed by atoms with van der Waals surface area (Å²) >= 11 is 0. The van der Waals surface area contributed by atoms with Crippen molar-refractivity contribution >= 4 is 12.1 Å². The van der Waals surface area contributed by atoms with Gasteiger partial charge in [-0.05, 0) is 27.7 Å². The van der Waals surface area contributed by atoms with Crippen LogP contribution in [0.25, 0.3) is 0 Å². The van der Waals surface area contributed by atoms with E-state index < -0.39 is 17.7 Å². The number of hydrogen-bond acceptors (Lipinski definition) is 4. The molecule has 0 atom stereocenters. The summed E-state index contributed by atoms with van der Waals surface area (Å²) < 4.78 is 10.9. The first-order chi connectivity index (χ1) is 9.17. The number of carboxylic acids is 1. The van der Waals surface area contributed by atoms with Gasteiger partial charge in [0.25, 0.3) is 0 Å². The summed E-state index contributed by atoms with van der Waals surface area (Å²) in [5, 5.41) is 8.92. The Bertz CT molecular complexity index is 553. The number of rotatable bonds is 2. The summed E-state index contributed by atoms with van der Waals surface area (Å²) in [7, 11) is 0. The lowest BCUT2D eigenvalue weighted by Crippen LogP contribution is -2.33. The van der Waals surface area contributed by atoms with Gasteiger partial charge in [-0.1, -0.05) is 0 Å². The highest BCUT2D eigenvalue weighted by Crippen LogP contribution is 2.32. The van der Waals surface area contributed by atoms with Gasteiger partial charge in [0, 0.05) is 11.1 Å². The molecular weight excluding hydrogens is 262 g/mol. The highest BCUT2D eigenvalue weighted by molar-refractivity contribution is 5.73. The molecule has 2 rings (SSSR count). The minimum atomic E-state index is -0.910. The molecule has 0 saturated carbocycles. The van der Waals surface area contributed by atoms with Crippen LogP contribution in [0, 0.1) is 6.92 Å². The maximum atomic E-state index is 12.0. The van der Waals surface area contributed by atoms with Crippen LogP contribution in [0.2, 0.25) is 0 Å². The fourth-order valence-electron chi connectivity index (χ4n) is 2.26. The Morgan fingerprint density at radius 1 is 1.35 bits per heavy atom. The number of furan rings is 1. The Morgan fingerprint density at radius 2 is 2.00 bits per heavy atom. The zero-order valence-corrected chi connectivity index (χ0v) is 12.1. The van der Waals surface area contributed by atoms with Gasteiger partial charge in [-0.3, -0.25) is 9.69 Å². The Kier molecular flexibility index (Phi) is 3.50. The third kappa shape index (κ3) is 2.95. The van der Waals surface area contributed by atoms with Crippen LogP contribution in [0.3, 0.4) is 0 Å². The van der Waals surface area contributed by atoms with Crippen molar-refractivity contribution in [3.8, 4) is 0 Å². The number of fused-ring (bicyclic) bond motifs is 1. The summed E-state index contributed by atoms with van der Waals surface area (Å²) in [4.78, 5) is 24.4. The molecule has 1 aromatic rings. The van der Waals surface area contributed by atoms with Crippen LogP contribution in [-0.2, 0) is 29.0 Å². The summed E-state index contributed by atoms with van der Waals surface area (Å²) in [6.07, 6.45) is -0.504. The Hall–Kier alpha value is -1.98. The average molecular weight is 281 g/mol. The van der Waals surface area contributed by atoms with Gasteiger partial charge in [-0.25, -0.2) is 4.79 Å². The number of aryl methyl sites for hydroxylation is 1. The van der Waals surface area contributed by atoms with Crippen molar-refractivity contribution in [2.45, 2.75) is 52.8 Å². The first-order valence-corrected chi connectivity index (χ1v) is 6.47. The molecule has 0 bridgehead atoms. The Labute approximate surface area is 117 Å². The fourth-order valence-corrected chi connectivity index (χ4v) is 2.26. The highest BCUT2D eigenvalue weighted by atomic mass is 16.6. The number of amides is 1. The van der Waals surface area contributed by atoms with Gasteiger partial charge in [-0.2, -0.15) is 0 Å². The summed E-state index contributed by atoms with van der Waals surface area (Å²) in [6, 6.07) is 0. The molecule has 6 heteroatoms. The lowest BCUT2D eigenvalue weighted by atomic mass is 10.1. The Morgan fingerprint density at radius 3 is 2.55 bits per heavy atom. The summed E-state index contributed by atoms with van der Waals surface area (Å²) in [5.41, 5.74) is 0.912. The number of carboxylic acid groups (broad SMARTS) is 1. The second-order valence-electron chi connectivity index (χ2n) is 5.95. The molecule has 0 radical (unpaired) electrons. The molecule has 1 aliphatic heterocycles. The van der Waals surface area contributed by atoms with Gasteiger partial charge in [0.05, 0.1) is 19.5 Å². The standard InChI is InChI=1S/C14H19NO5/c1-8-9(5-12(16)17)10-6-15(7-11(10)19-8)13(18)20-14(2,3)4/h5-7H2,1-4H3,(H,16,17). The first-order valence-electron chi connectivity index (χ1n) is 6.47. The molecule has 0 spiro atoms. The number of ether oxygens (including phenoxy) is 1. The third-order valence-corrected chi connectivity index (χ3v) is 3.07. The van der Waals surface area contributed by atoms with Crippen molar-refractivity contribution in [3.63, 3.8) is 0 Å². The van der Waals surface area contributed by atoms with E-state index in [1.165, 1.54) is 4.90 Å². The molecule has 1 aliphatic rings. The molecule has 0 aliphatic carbocycles. The zero-order valence-electron chi connectivity index (χ0n) is 12.1. The SMILES string of the molecule is Cc1oc2c(c1CC(=O)O)CN(C(=O)OC(C)(C)C)C2. The van der Waals surface area contributed by atoms with Crippen LogP contribution in [0.15, 0.2) is 4.42 Å². The summed E-state index contributed by atoms with van der Waals surface area (Å²) in [6.45, 7) is 7.82. The maximum Gasteiger partial charge on any atom is 0.411 e. The molecule has 1 N–H and O–H groups in total. The predicted octanol–water partition coefficient (Wildman–Crippen LogP) is 2.47. The molecule has 1 aromatic heterocycles. The Balaban J connectivity index is 2.14. The minimum absolute atomic E-state index is 0.0905. The number of hydrogen-bond donors (Lipinski definition) is 1. The van der Waals surface area contributed by atoms with Crippen molar-refractivity contribution in [2.75, 3.05) is 0 Å². The molecule has 20 heavy (non-hydrogen) atoms. The third-order valence-electron chi connectivity index (χ3n) is 3.07. The molecule has 1 amide bonds. The first kappa shape index (κ1) is 14.4. The van der Waals surface area contributed by atoms with E-state index in [0.29, 0.717) is 30.2 Å². The van der Waals surface area contributed by atoms with Crippen molar-refractivity contribution < 1.29 is 23.8 Å². The fraction of sp³-hybridized carbons (Fsp3) is 0.571. The van der Waals surface area contributed by atoms with Crippen LogP contribution < -0.4 is 0 Å². The predicted molar refractivity (Wildman–Crippen MR) is 70.3 cm³/mol. The topological polar surface area (TPSA) is 80.0 Å². The van der Waals surface area contributed by atoms with Gasteiger partial charge < -0.3 is 14.3 Å². The lowest BCUT2D eigenvalue weighted by molar-refractivity contribution is -0.136. The quantitative estimate of drug-likeness (QED) is 0.900. The van der Waals surface area contributed by atoms with Crippen molar-refractivity contribution in [1.29, 1.82) is 0 Å². The molecule has 2 heterocycles. The normalized spacial score (nSPS) is 14.3. The smallest absolute Gasteiger partial charge is 0.411 e. The van der Waals surface area contributed by atoms with Crippen LogP contribution in [-0.4, -0.2) is 27.7 Å². The number of carbonyl (C=O) groups is 2. The minimum Gasteiger partial charge on any atom is -0.481 e. The van der Waals surface area contributed by atoms with E-state index in [9.17, 15) is 9.59 Å². The summed E-state index contributed by atoms with van der Waals surface area (Å²) in [5.74, 6) is 0.360. The van der Waals surface area contributed by atoms with Gasteiger partial charge in [0.1, 0.15) is 17.1 Å². The molecule has 110 valence electrons. The number of carbonyl (C=O) groups excluding carboxylic acids is 1. The molecule has 0 unspecified atom stereocenters. The zero-order chi connectivity index (χ0) is 15.1. The van der Waals surface area contributed by atoms with E-state index in [1.807, 2.05) is 0 Å². The van der Waals surface area contributed by atoms with Gasteiger partial charge >= 0.3 is 12.1 Å². The second kappa shape index (κ2) is 4.85. The largest absolute Gasteiger partial charge is 0.481 e. The molecule has 0 aromatic carbocycles. The monoisotopic (exact) mass is 281 g/mol. The molecule has 0 fully saturated rings. The van der Waals surface area contributed by atoms with E-state index >= 15 is 0 Å². The molecule has 6 nitrogen and oxygen atoms in total. The van der Waals surface area contributed by atoms with E-state index in [2.05, 4.69) is 0 Å². The second-order valence-corrected chi connectivity index (χ2v) is 5.95. The van der Waals surface area contributed by atoms with Crippen molar-refractivity contribution in [3.05, 3.63) is 22.6 Å². The van der Waals surface area contributed by atoms with Crippen LogP contribution in [0.4, 0.5) is 4.79 Å². The van der Waals surface area contributed by atoms with E-state index in [-0.39, 0.29) is 6.42 Å². The number of nitrogens with zero attached hydrogens (tertiary/aromatic N) is 1. The van der Waals surface area contributed by atoms with Gasteiger partial charge in [0.2, 0.25) is 0 Å². The van der Waals surface area contributed by atoms with E-state index in [0.717, 1.165) is 5.56 Å². The van der Waals surface area contributed by atoms with Crippen molar-refractivity contribution in [2.24, 2.45) is 0 Å². The van der Waals surface area contributed by atoms with Gasteiger partial charge in [-0.15, -0.1) is 0 Å². The molecule has 0 saturated heterocycles. The van der Waals surface area contributed by atoms with Crippen LogP contribution in [0.5, 0.6) is 0 Å². The van der Waals surface area contributed by atoms with Gasteiger partial charge in [0.15, 0.2) is 0 Å². The number of aliphatic carboxylic acids is 1. The van der Waals surface area contributed by atoms with E-state index in [1.54, 1.807) is 27.7 Å². The van der Waals surface area contributed by atoms with Crippen molar-refractivity contribution in [1.82, 2.24) is 4.90 Å². The van der Waals surface area contributed by atoms with Crippen LogP contribution >= 0.6 is 0 Å². The average Bonchev–Trinajstić information content (AvgIpc) is 2.76.